The fourth-order valence-electron chi connectivity index (χ4n) is 3.00. The van der Waals surface area contributed by atoms with E-state index in [9.17, 15) is 0 Å². The number of ether oxygens (including phenoxy) is 2. The molecule has 1 atom stereocenters. The molecular formula is C16H24N2O2. The van der Waals surface area contributed by atoms with Crippen molar-refractivity contribution < 1.29 is 9.47 Å². The maximum absolute atomic E-state index is 5.69. The quantitative estimate of drug-likeness (QED) is 0.919. The molecule has 0 radical (unpaired) electrons. The molecule has 2 aliphatic rings. The lowest BCUT2D eigenvalue weighted by Gasteiger charge is -2.28. The van der Waals surface area contributed by atoms with E-state index in [4.69, 9.17) is 9.47 Å². The van der Waals surface area contributed by atoms with Crippen molar-refractivity contribution in [1.29, 1.82) is 0 Å². The second-order valence-electron chi connectivity index (χ2n) is 5.57. The summed E-state index contributed by atoms with van der Waals surface area (Å²) in [7, 11) is 0. The molecule has 0 spiro atoms. The number of hydrogen-bond donors (Lipinski definition) is 1. The van der Waals surface area contributed by atoms with E-state index in [1.54, 1.807) is 0 Å². The van der Waals surface area contributed by atoms with Crippen LogP contribution in [0.2, 0.25) is 0 Å². The summed E-state index contributed by atoms with van der Waals surface area (Å²) in [5.41, 5.74) is 1.25. The number of fused-ring (bicyclic) bond motifs is 1. The zero-order chi connectivity index (χ0) is 13.8. The smallest absolute Gasteiger partial charge is 0.163 e. The van der Waals surface area contributed by atoms with Gasteiger partial charge in [0.15, 0.2) is 11.5 Å². The maximum Gasteiger partial charge on any atom is 0.163 e. The topological polar surface area (TPSA) is 33.7 Å². The first kappa shape index (κ1) is 13.6. The van der Waals surface area contributed by atoms with Crippen molar-refractivity contribution in [3.05, 3.63) is 18.2 Å². The van der Waals surface area contributed by atoms with E-state index in [0.717, 1.165) is 31.1 Å². The van der Waals surface area contributed by atoms with Crippen LogP contribution < -0.4 is 19.7 Å². The number of hydrogen-bond acceptors (Lipinski definition) is 4. The van der Waals surface area contributed by atoms with Crippen molar-refractivity contribution >= 4 is 5.69 Å². The van der Waals surface area contributed by atoms with Crippen LogP contribution in [0.5, 0.6) is 11.5 Å². The van der Waals surface area contributed by atoms with E-state index in [2.05, 4.69) is 29.3 Å². The molecule has 4 heteroatoms. The lowest BCUT2D eigenvalue weighted by atomic mass is 10.1. The van der Waals surface area contributed by atoms with Gasteiger partial charge in [0.05, 0.1) is 0 Å². The van der Waals surface area contributed by atoms with E-state index in [1.165, 1.54) is 24.9 Å². The molecule has 1 aromatic carbocycles. The van der Waals surface area contributed by atoms with Gasteiger partial charge in [0.25, 0.3) is 0 Å². The zero-order valence-electron chi connectivity index (χ0n) is 12.2. The second kappa shape index (κ2) is 6.35. The highest BCUT2D eigenvalue weighted by atomic mass is 16.6. The summed E-state index contributed by atoms with van der Waals surface area (Å²) in [6.07, 6.45) is 3.66. The number of nitrogens with one attached hydrogen (secondary N) is 1. The summed E-state index contributed by atoms with van der Waals surface area (Å²) < 4.78 is 11.3. The van der Waals surface area contributed by atoms with Gasteiger partial charge in [0.2, 0.25) is 0 Å². The molecule has 1 unspecified atom stereocenters. The van der Waals surface area contributed by atoms with E-state index in [0.29, 0.717) is 19.3 Å². The molecule has 110 valence electrons. The average Bonchev–Trinajstić information content (AvgIpc) is 2.73. The van der Waals surface area contributed by atoms with Crippen LogP contribution in [0.25, 0.3) is 0 Å². The van der Waals surface area contributed by atoms with Crippen molar-refractivity contribution in [3.63, 3.8) is 0 Å². The summed E-state index contributed by atoms with van der Waals surface area (Å²) in [4.78, 5) is 2.47. The normalized spacial score (nSPS) is 22.4. The van der Waals surface area contributed by atoms with E-state index in [1.807, 2.05) is 6.07 Å². The molecule has 2 aliphatic heterocycles. The summed E-state index contributed by atoms with van der Waals surface area (Å²) in [5, 5.41) is 3.65. The van der Waals surface area contributed by atoms with Gasteiger partial charge in [-0.1, -0.05) is 13.3 Å². The van der Waals surface area contributed by atoms with Gasteiger partial charge in [-0.2, -0.15) is 0 Å². The van der Waals surface area contributed by atoms with Crippen LogP contribution in [-0.4, -0.2) is 38.9 Å². The molecule has 1 N–H and O–H groups in total. The second-order valence-corrected chi connectivity index (χ2v) is 5.57. The Bertz CT molecular complexity index is 450. The molecule has 0 bridgehead atoms. The highest BCUT2D eigenvalue weighted by Gasteiger charge is 2.19. The molecular weight excluding hydrogens is 252 g/mol. The molecule has 0 saturated carbocycles. The van der Waals surface area contributed by atoms with Gasteiger partial charge in [-0.05, 0) is 31.5 Å². The van der Waals surface area contributed by atoms with Gasteiger partial charge in [-0.15, -0.1) is 0 Å². The first-order chi connectivity index (χ1) is 9.86. The zero-order valence-corrected chi connectivity index (χ0v) is 12.2. The molecule has 2 heterocycles. The third kappa shape index (κ3) is 3.01. The molecule has 1 fully saturated rings. The molecule has 3 rings (SSSR count). The Morgan fingerprint density at radius 2 is 2.10 bits per heavy atom. The first-order valence-corrected chi connectivity index (χ1v) is 7.75. The standard InChI is InChI=1S/C16H24N2O2/c1-2-4-13-12-18(8-3-7-17-13)14-5-6-15-16(11-14)20-10-9-19-15/h5-6,11,13,17H,2-4,7-10,12H2,1H3. The van der Waals surface area contributed by atoms with Crippen LogP contribution >= 0.6 is 0 Å². The van der Waals surface area contributed by atoms with Gasteiger partial charge >= 0.3 is 0 Å². The fourth-order valence-corrected chi connectivity index (χ4v) is 3.00. The third-order valence-electron chi connectivity index (χ3n) is 4.01. The number of nitrogens with zero attached hydrogens (tertiary/aromatic N) is 1. The lowest BCUT2D eigenvalue weighted by molar-refractivity contribution is 0.171. The molecule has 1 saturated heterocycles. The SMILES string of the molecule is CCCC1CN(c2ccc3c(c2)OCCO3)CCCN1. The molecule has 4 nitrogen and oxygen atoms in total. The van der Waals surface area contributed by atoms with Crippen LogP contribution in [-0.2, 0) is 0 Å². The van der Waals surface area contributed by atoms with Crippen molar-refractivity contribution in [3.8, 4) is 11.5 Å². The predicted molar refractivity (Wildman–Crippen MR) is 81.0 cm³/mol. The van der Waals surface area contributed by atoms with Gasteiger partial charge in [-0.3, -0.25) is 0 Å². The summed E-state index contributed by atoms with van der Waals surface area (Å²) >= 11 is 0. The van der Waals surface area contributed by atoms with Crippen molar-refractivity contribution in [2.45, 2.75) is 32.2 Å². The minimum Gasteiger partial charge on any atom is -0.486 e. The fraction of sp³-hybridized carbons (Fsp3) is 0.625. The molecule has 0 aromatic heterocycles. The first-order valence-electron chi connectivity index (χ1n) is 7.75. The summed E-state index contributed by atoms with van der Waals surface area (Å²) in [6, 6.07) is 6.91. The van der Waals surface area contributed by atoms with Crippen LogP contribution in [0.4, 0.5) is 5.69 Å². The van der Waals surface area contributed by atoms with Crippen LogP contribution in [0.15, 0.2) is 18.2 Å². The number of anilines is 1. The van der Waals surface area contributed by atoms with Gasteiger partial charge in [0, 0.05) is 30.9 Å². The Kier molecular flexibility index (Phi) is 4.31. The lowest BCUT2D eigenvalue weighted by Crippen LogP contribution is -2.37. The van der Waals surface area contributed by atoms with Crippen LogP contribution in [0.1, 0.15) is 26.2 Å². The Morgan fingerprint density at radius 3 is 2.95 bits per heavy atom. The maximum atomic E-state index is 5.69. The van der Waals surface area contributed by atoms with Crippen molar-refractivity contribution in [2.24, 2.45) is 0 Å². The molecule has 1 aromatic rings. The van der Waals surface area contributed by atoms with Gasteiger partial charge in [-0.25, -0.2) is 0 Å². The monoisotopic (exact) mass is 276 g/mol. The van der Waals surface area contributed by atoms with Gasteiger partial charge < -0.3 is 19.7 Å². The van der Waals surface area contributed by atoms with Crippen molar-refractivity contribution in [1.82, 2.24) is 5.32 Å². The summed E-state index contributed by atoms with van der Waals surface area (Å²) in [5.74, 6) is 1.76. The Labute approximate surface area is 121 Å². The number of benzene rings is 1. The Morgan fingerprint density at radius 1 is 1.25 bits per heavy atom. The third-order valence-corrected chi connectivity index (χ3v) is 4.01. The molecule has 0 amide bonds. The molecule has 0 aliphatic carbocycles. The van der Waals surface area contributed by atoms with E-state index >= 15 is 0 Å². The summed E-state index contributed by atoms with van der Waals surface area (Å²) in [6.45, 7) is 6.85. The van der Waals surface area contributed by atoms with Gasteiger partial charge in [0.1, 0.15) is 13.2 Å². The minimum absolute atomic E-state index is 0.593. The number of rotatable bonds is 3. The highest BCUT2D eigenvalue weighted by Crippen LogP contribution is 2.34. The van der Waals surface area contributed by atoms with Crippen LogP contribution in [0, 0.1) is 0 Å². The average molecular weight is 276 g/mol. The van der Waals surface area contributed by atoms with Crippen LogP contribution in [0.3, 0.4) is 0 Å². The largest absolute Gasteiger partial charge is 0.486 e. The van der Waals surface area contributed by atoms with Crippen molar-refractivity contribution in [2.75, 3.05) is 37.7 Å². The van der Waals surface area contributed by atoms with E-state index in [-0.39, 0.29) is 0 Å². The highest BCUT2D eigenvalue weighted by molar-refractivity contribution is 5.57. The predicted octanol–water partition coefficient (Wildman–Crippen LogP) is 2.43. The molecule has 20 heavy (non-hydrogen) atoms. The Balaban J connectivity index is 1.76. The van der Waals surface area contributed by atoms with E-state index < -0.39 is 0 Å². The Hall–Kier alpha value is -1.42. The minimum atomic E-state index is 0.593.